The van der Waals surface area contributed by atoms with Crippen LogP contribution in [0.1, 0.15) is 12.8 Å². The number of aromatic nitrogens is 1. The highest BCUT2D eigenvalue weighted by Crippen LogP contribution is 2.28. The number of piperidine rings is 1. The molecule has 0 bridgehead atoms. The fourth-order valence-corrected chi connectivity index (χ4v) is 5.12. The fourth-order valence-electron chi connectivity index (χ4n) is 2.89. The maximum Gasteiger partial charge on any atom is 0.246 e. The number of pyridine rings is 1. The number of benzene rings is 1. The van der Waals surface area contributed by atoms with Gasteiger partial charge in [-0.3, -0.25) is 4.79 Å². The minimum absolute atomic E-state index is 0.0495. The lowest BCUT2D eigenvalue weighted by atomic mass is 9.97. The molecule has 0 spiro atoms. The first-order valence-electron chi connectivity index (χ1n) is 8.15. The number of nitrogens with zero attached hydrogens (tertiary/aromatic N) is 2. The Balaban J connectivity index is 1.65. The van der Waals surface area contributed by atoms with E-state index in [0.717, 1.165) is 0 Å². The summed E-state index contributed by atoms with van der Waals surface area (Å²) in [6.07, 6.45) is 2.08. The Kier molecular flexibility index (Phi) is 6.15. The maximum absolute atomic E-state index is 13.9. The number of amides is 1. The molecule has 27 heavy (non-hydrogen) atoms. The lowest BCUT2D eigenvalue weighted by Gasteiger charge is -2.30. The molecule has 3 rings (SSSR count). The van der Waals surface area contributed by atoms with Gasteiger partial charge in [0.1, 0.15) is 15.9 Å². The van der Waals surface area contributed by atoms with Gasteiger partial charge in [-0.25, -0.2) is 17.8 Å². The molecule has 6 nitrogen and oxygen atoms in total. The van der Waals surface area contributed by atoms with Gasteiger partial charge in [-0.2, -0.15) is 4.31 Å². The second-order valence-electron chi connectivity index (χ2n) is 6.08. The van der Waals surface area contributed by atoms with Crippen molar-refractivity contribution < 1.29 is 17.6 Å². The number of carbonyl (C=O) groups is 1. The van der Waals surface area contributed by atoms with Crippen LogP contribution in [0.4, 0.5) is 10.1 Å². The van der Waals surface area contributed by atoms with Gasteiger partial charge in [0.25, 0.3) is 0 Å². The molecule has 10 heteroatoms. The summed E-state index contributed by atoms with van der Waals surface area (Å²) in [7, 11) is -3.77. The Bertz CT molecular complexity index is 966. The lowest BCUT2D eigenvalue weighted by molar-refractivity contribution is -0.120. The molecule has 0 aliphatic carbocycles. The second kappa shape index (κ2) is 8.22. The van der Waals surface area contributed by atoms with E-state index in [2.05, 4.69) is 26.2 Å². The first-order chi connectivity index (χ1) is 12.8. The molecule has 0 unspecified atom stereocenters. The van der Waals surface area contributed by atoms with E-state index >= 15 is 0 Å². The van der Waals surface area contributed by atoms with Crippen molar-refractivity contribution in [3.63, 3.8) is 0 Å². The summed E-state index contributed by atoms with van der Waals surface area (Å²) >= 11 is 9.06. The molecule has 1 N–H and O–H groups in total. The SMILES string of the molecule is O=C(Nc1ccc(Br)cc1F)C1CCN(S(=O)(=O)c2cccnc2Cl)CC1. The third-order valence-electron chi connectivity index (χ3n) is 4.36. The van der Waals surface area contributed by atoms with Crippen molar-refractivity contribution in [3.8, 4) is 0 Å². The minimum Gasteiger partial charge on any atom is -0.323 e. The van der Waals surface area contributed by atoms with E-state index in [1.54, 1.807) is 6.07 Å². The first kappa shape index (κ1) is 20.2. The number of hydrogen-bond acceptors (Lipinski definition) is 4. The van der Waals surface area contributed by atoms with Gasteiger partial charge >= 0.3 is 0 Å². The molecule has 2 heterocycles. The lowest BCUT2D eigenvalue weighted by Crippen LogP contribution is -2.41. The smallest absolute Gasteiger partial charge is 0.246 e. The van der Waals surface area contributed by atoms with Crippen LogP contribution in [0.15, 0.2) is 45.9 Å². The van der Waals surface area contributed by atoms with Crippen LogP contribution in [0.25, 0.3) is 0 Å². The molecule has 1 amide bonds. The quantitative estimate of drug-likeness (QED) is 0.683. The Labute approximate surface area is 169 Å². The topological polar surface area (TPSA) is 79.4 Å². The van der Waals surface area contributed by atoms with Crippen molar-refractivity contribution in [2.75, 3.05) is 18.4 Å². The molecule has 2 aromatic rings. The van der Waals surface area contributed by atoms with Gasteiger partial charge in [0.05, 0.1) is 5.69 Å². The molecule has 1 aromatic heterocycles. The van der Waals surface area contributed by atoms with Gasteiger partial charge in [-0.15, -0.1) is 0 Å². The van der Waals surface area contributed by atoms with Crippen LogP contribution in [0, 0.1) is 11.7 Å². The van der Waals surface area contributed by atoms with Crippen LogP contribution < -0.4 is 5.32 Å². The van der Waals surface area contributed by atoms with Gasteiger partial charge < -0.3 is 5.32 Å². The molecule has 0 atom stereocenters. The van der Waals surface area contributed by atoms with E-state index < -0.39 is 21.8 Å². The molecule has 1 fully saturated rings. The average Bonchev–Trinajstić information content (AvgIpc) is 2.64. The van der Waals surface area contributed by atoms with Crippen molar-refractivity contribution in [3.05, 3.63) is 52.0 Å². The monoisotopic (exact) mass is 475 g/mol. The zero-order valence-corrected chi connectivity index (χ0v) is 17.2. The standard InChI is InChI=1S/C17H16BrClFN3O3S/c18-12-3-4-14(13(20)10-12)22-17(24)11-5-8-23(9-6-11)27(25,26)15-2-1-7-21-16(15)19/h1-4,7,10-11H,5-6,8-9H2,(H,22,24). The Morgan fingerprint density at radius 3 is 2.63 bits per heavy atom. The van der Waals surface area contributed by atoms with Crippen LogP contribution >= 0.6 is 27.5 Å². The van der Waals surface area contributed by atoms with Crippen molar-refractivity contribution in [1.82, 2.24) is 9.29 Å². The van der Waals surface area contributed by atoms with Crippen LogP contribution in [-0.4, -0.2) is 36.7 Å². The predicted molar refractivity (Wildman–Crippen MR) is 103 cm³/mol. The molecule has 0 saturated carbocycles. The van der Waals surface area contributed by atoms with Gasteiger partial charge in [0, 0.05) is 29.7 Å². The summed E-state index contributed by atoms with van der Waals surface area (Å²) in [5.41, 5.74) is 0.0976. The highest BCUT2D eigenvalue weighted by atomic mass is 79.9. The van der Waals surface area contributed by atoms with Crippen LogP contribution in [-0.2, 0) is 14.8 Å². The van der Waals surface area contributed by atoms with Gasteiger partial charge in [-0.05, 0) is 43.2 Å². The van der Waals surface area contributed by atoms with Crippen molar-refractivity contribution in [1.29, 1.82) is 0 Å². The summed E-state index contributed by atoms with van der Waals surface area (Å²) < 4.78 is 41.1. The van der Waals surface area contributed by atoms with E-state index in [1.807, 2.05) is 0 Å². The normalized spacial score (nSPS) is 16.3. The van der Waals surface area contributed by atoms with E-state index in [-0.39, 0.29) is 34.7 Å². The van der Waals surface area contributed by atoms with Crippen molar-refractivity contribution in [2.45, 2.75) is 17.7 Å². The second-order valence-corrected chi connectivity index (χ2v) is 9.26. The van der Waals surface area contributed by atoms with Crippen molar-refractivity contribution in [2.24, 2.45) is 5.92 Å². The highest BCUT2D eigenvalue weighted by Gasteiger charge is 2.33. The molecular weight excluding hydrogens is 461 g/mol. The van der Waals surface area contributed by atoms with Gasteiger partial charge in [-0.1, -0.05) is 27.5 Å². The van der Waals surface area contributed by atoms with Crippen LogP contribution in [0.3, 0.4) is 0 Å². The minimum atomic E-state index is -3.77. The molecule has 1 saturated heterocycles. The molecule has 0 radical (unpaired) electrons. The average molecular weight is 477 g/mol. The van der Waals surface area contributed by atoms with E-state index in [4.69, 9.17) is 11.6 Å². The molecular formula is C17H16BrClFN3O3S. The molecule has 144 valence electrons. The van der Waals surface area contributed by atoms with E-state index in [0.29, 0.717) is 17.3 Å². The number of carbonyl (C=O) groups excluding carboxylic acids is 1. The Hall–Kier alpha value is -1.55. The number of hydrogen-bond donors (Lipinski definition) is 1. The molecule has 1 aliphatic rings. The predicted octanol–water partition coefficient (Wildman–Crippen LogP) is 3.68. The Morgan fingerprint density at radius 1 is 1.30 bits per heavy atom. The summed E-state index contributed by atoms with van der Waals surface area (Å²) in [5.74, 6) is -1.26. The van der Waals surface area contributed by atoms with Gasteiger partial charge in [0.2, 0.25) is 15.9 Å². The first-order valence-corrected chi connectivity index (χ1v) is 10.8. The summed E-state index contributed by atoms with van der Waals surface area (Å²) in [6.45, 7) is 0.350. The Morgan fingerprint density at radius 2 is 2.00 bits per heavy atom. The van der Waals surface area contributed by atoms with Crippen molar-refractivity contribution >= 4 is 49.1 Å². The van der Waals surface area contributed by atoms with E-state index in [9.17, 15) is 17.6 Å². The summed E-state index contributed by atoms with van der Waals surface area (Å²) in [4.78, 5) is 16.1. The molecule has 1 aliphatic heterocycles. The maximum atomic E-state index is 13.9. The third kappa shape index (κ3) is 4.48. The molecule has 1 aromatic carbocycles. The van der Waals surface area contributed by atoms with Gasteiger partial charge in [0.15, 0.2) is 0 Å². The van der Waals surface area contributed by atoms with E-state index in [1.165, 1.54) is 34.8 Å². The zero-order chi connectivity index (χ0) is 19.6. The number of nitrogens with one attached hydrogen (secondary N) is 1. The van der Waals surface area contributed by atoms with Crippen LogP contribution in [0.2, 0.25) is 5.15 Å². The summed E-state index contributed by atoms with van der Waals surface area (Å²) in [6, 6.07) is 7.28. The third-order valence-corrected chi connectivity index (χ3v) is 7.19. The highest BCUT2D eigenvalue weighted by molar-refractivity contribution is 9.10. The fraction of sp³-hybridized carbons (Fsp3) is 0.294. The largest absolute Gasteiger partial charge is 0.323 e. The number of sulfonamides is 1. The number of rotatable bonds is 4. The zero-order valence-electron chi connectivity index (χ0n) is 14.0. The summed E-state index contributed by atoms with van der Waals surface area (Å²) in [5, 5.41) is 2.49. The number of halogens is 3. The number of anilines is 1. The van der Waals surface area contributed by atoms with Crippen LogP contribution in [0.5, 0.6) is 0 Å².